The summed E-state index contributed by atoms with van der Waals surface area (Å²) in [5.41, 5.74) is 2.78. The van der Waals surface area contributed by atoms with Crippen LogP contribution in [-0.2, 0) is 23.6 Å². The number of methoxy groups -OCH3 is 1. The fourth-order valence-corrected chi connectivity index (χ4v) is 7.44. The summed E-state index contributed by atoms with van der Waals surface area (Å²) in [5.74, 6) is -0.313. The van der Waals surface area contributed by atoms with Crippen LogP contribution in [0.15, 0.2) is 48.5 Å². The van der Waals surface area contributed by atoms with E-state index in [1.807, 2.05) is 18.2 Å². The number of fused-ring (bicyclic) bond motifs is 3. The topological polar surface area (TPSA) is 98.5 Å². The summed E-state index contributed by atoms with van der Waals surface area (Å²) in [7, 11) is 1.54. The number of piperazine rings is 1. The maximum absolute atomic E-state index is 15.0. The van der Waals surface area contributed by atoms with E-state index in [0.29, 0.717) is 40.9 Å². The number of aromatic nitrogens is 2. The van der Waals surface area contributed by atoms with Crippen molar-refractivity contribution in [2.75, 3.05) is 31.7 Å². The number of nitrogens with zero attached hydrogens (tertiary/aromatic N) is 4. The van der Waals surface area contributed by atoms with Crippen molar-refractivity contribution in [3.05, 3.63) is 76.3 Å². The quantitative estimate of drug-likeness (QED) is 0.253. The molecule has 10 nitrogen and oxygen atoms in total. The maximum Gasteiger partial charge on any atom is 0.335 e. The number of imidazole rings is 1. The summed E-state index contributed by atoms with van der Waals surface area (Å²) >= 11 is 6.01. The molecule has 1 aliphatic carbocycles. The molecule has 1 saturated carbocycles. The lowest BCUT2D eigenvalue weighted by molar-refractivity contribution is -0.0706. The summed E-state index contributed by atoms with van der Waals surface area (Å²) in [6.07, 6.45) is 3.09. The van der Waals surface area contributed by atoms with Crippen molar-refractivity contribution in [2.45, 2.75) is 63.3 Å². The molecule has 240 valence electrons. The van der Waals surface area contributed by atoms with Gasteiger partial charge in [0.05, 0.1) is 48.6 Å². The van der Waals surface area contributed by atoms with Crippen LogP contribution in [0.4, 0.5) is 10.1 Å². The molecule has 1 N–H and O–H groups in total. The molecule has 4 aliphatic rings. The van der Waals surface area contributed by atoms with Crippen molar-refractivity contribution in [3.8, 4) is 17.2 Å². The van der Waals surface area contributed by atoms with E-state index in [1.54, 1.807) is 25.1 Å². The number of halogens is 2. The Morgan fingerprint density at radius 3 is 2.65 bits per heavy atom. The molecule has 0 unspecified atom stereocenters. The first-order valence-electron chi connectivity index (χ1n) is 15.6. The molecule has 4 heterocycles. The van der Waals surface area contributed by atoms with Crippen molar-refractivity contribution in [2.24, 2.45) is 0 Å². The van der Waals surface area contributed by atoms with Gasteiger partial charge < -0.3 is 33.5 Å². The monoisotopic (exact) mass is 648 g/mol. The van der Waals surface area contributed by atoms with Gasteiger partial charge in [0.2, 0.25) is 0 Å². The molecule has 0 spiro atoms. The largest absolute Gasteiger partial charge is 0.494 e. The van der Waals surface area contributed by atoms with Crippen molar-refractivity contribution < 1.29 is 33.2 Å². The minimum atomic E-state index is -1.32. The molecule has 4 aromatic rings. The minimum Gasteiger partial charge on any atom is -0.494 e. The lowest BCUT2D eigenvalue weighted by Gasteiger charge is -2.54. The minimum absolute atomic E-state index is 0.0679. The Kier molecular flexibility index (Phi) is 7.04. The Morgan fingerprint density at radius 2 is 1.96 bits per heavy atom. The normalized spacial score (nSPS) is 25.2. The number of hydrogen-bond acceptors (Lipinski definition) is 8. The van der Waals surface area contributed by atoms with E-state index in [0.717, 1.165) is 56.0 Å². The summed E-state index contributed by atoms with van der Waals surface area (Å²) < 4.78 is 41.1. The van der Waals surface area contributed by atoms with Crippen LogP contribution in [-0.4, -0.2) is 70.5 Å². The molecule has 1 aromatic heterocycles. The van der Waals surface area contributed by atoms with Crippen molar-refractivity contribution in [1.82, 2.24) is 14.5 Å². The van der Waals surface area contributed by atoms with Gasteiger partial charge in [-0.3, -0.25) is 4.90 Å². The van der Waals surface area contributed by atoms with Crippen LogP contribution in [0, 0.1) is 5.82 Å². The number of carboxylic acids is 1. The molecule has 3 fully saturated rings. The number of rotatable bonds is 8. The average molecular weight is 649 g/mol. The Bertz CT molecular complexity index is 1860. The van der Waals surface area contributed by atoms with Gasteiger partial charge in [-0.2, -0.15) is 0 Å². The molecule has 0 amide bonds. The Labute approximate surface area is 270 Å². The Hall–Kier alpha value is -4.06. The zero-order valence-corrected chi connectivity index (χ0v) is 26.3. The highest BCUT2D eigenvalue weighted by atomic mass is 35.5. The first-order valence-corrected chi connectivity index (χ1v) is 16.0. The lowest BCUT2D eigenvalue weighted by atomic mass is 9.81. The summed E-state index contributed by atoms with van der Waals surface area (Å²) in [6.45, 7) is 5.21. The SMILES string of the molecule is COc1cc(C(=O)O)cc2c1nc(CN1CCN(c3cccc4c3O[C@](C)(c3ccc(Cl)cc3F)O4)[C@H]3CC[C@H]31)n2C[C@@H]1CCO1. The first-order chi connectivity index (χ1) is 22.2. The number of benzene rings is 3. The maximum atomic E-state index is 15.0. The van der Waals surface area contributed by atoms with Gasteiger partial charge in [0.1, 0.15) is 22.9 Å². The molecule has 0 bridgehead atoms. The number of para-hydroxylation sites is 1. The number of aromatic carboxylic acids is 1. The van der Waals surface area contributed by atoms with E-state index >= 15 is 0 Å². The van der Waals surface area contributed by atoms with Crippen molar-refractivity contribution in [3.63, 3.8) is 0 Å². The third kappa shape index (κ3) is 4.75. The van der Waals surface area contributed by atoms with Gasteiger partial charge in [-0.1, -0.05) is 17.7 Å². The number of carboxylic acid groups (broad SMARTS) is 1. The van der Waals surface area contributed by atoms with Crippen LogP contribution in [0.25, 0.3) is 11.0 Å². The molecule has 3 aromatic carbocycles. The van der Waals surface area contributed by atoms with E-state index in [4.69, 9.17) is 35.5 Å². The van der Waals surface area contributed by atoms with Crippen molar-refractivity contribution in [1.29, 1.82) is 0 Å². The van der Waals surface area contributed by atoms with Gasteiger partial charge in [-0.05, 0) is 61.7 Å². The first kappa shape index (κ1) is 29.3. The Morgan fingerprint density at radius 1 is 1.13 bits per heavy atom. The van der Waals surface area contributed by atoms with Crippen LogP contribution in [0.3, 0.4) is 0 Å². The fourth-order valence-electron chi connectivity index (χ4n) is 7.28. The van der Waals surface area contributed by atoms with Gasteiger partial charge in [0.15, 0.2) is 11.5 Å². The van der Waals surface area contributed by atoms with E-state index < -0.39 is 17.6 Å². The second-order valence-corrected chi connectivity index (χ2v) is 13.0. The van der Waals surface area contributed by atoms with Gasteiger partial charge >= 0.3 is 5.97 Å². The number of ether oxygens (including phenoxy) is 4. The lowest BCUT2D eigenvalue weighted by Crippen LogP contribution is -2.64. The van der Waals surface area contributed by atoms with Crippen LogP contribution in [0.2, 0.25) is 5.02 Å². The molecule has 4 atom stereocenters. The van der Waals surface area contributed by atoms with Gasteiger partial charge in [0, 0.05) is 43.7 Å². The molecular weight excluding hydrogens is 615 g/mol. The van der Waals surface area contributed by atoms with E-state index in [9.17, 15) is 14.3 Å². The second-order valence-electron chi connectivity index (χ2n) is 12.5. The predicted octanol–water partition coefficient (Wildman–Crippen LogP) is 5.82. The third-order valence-electron chi connectivity index (χ3n) is 9.88. The van der Waals surface area contributed by atoms with Crippen molar-refractivity contribution >= 4 is 34.3 Å². The Balaban J connectivity index is 1.07. The molecule has 0 radical (unpaired) electrons. The molecular formula is C34H34ClFN4O6. The predicted molar refractivity (Wildman–Crippen MR) is 169 cm³/mol. The van der Waals surface area contributed by atoms with Gasteiger partial charge in [0.25, 0.3) is 5.79 Å². The number of carbonyl (C=O) groups is 1. The molecule has 8 rings (SSSR count). The summed E-state index contributed by atoms with van der Waals surface area (Å²) in [4.78, 5) is 21.8. The average Bonchev–Trinajstić information content (AvgIpc) is 3.51. The fraction of sp³-hybridized carbons (Fsp3) is 0.412. The third-order valence-corrected chi connectivity index (χ3v) is 10.1. The highest BCUT2D eigenvalue weighted by Gasteiger charge is 2.47. The van der Waals surface area contributed by atoms with Gasteiger partial charge in [-0.25, -0.2) is 14.2 Å². The highest BCUT2D eigenvalue weighted by Crippen LogP contribution is 2.51. The zero-order valence-electron chi connectivity index (χ0n) is 25.5. The van der Waals surface area contributed by atoms with Crippen LogP contribution in [0.5, 0.6) is 17.2 Å². The standard InChI is InChI=1S/C34H34ClFN4O6/c1-34(22-7-6-20(35)16-23(22)36)45-28-5-3-4-26(32(28)46-34)39-12-11-38(24-8-9-25(24)39)18-30-37-31-27(40(30)17-21-10-13-44-21)14-19(33(41)42)15-29(31)43-2/h3-7,14-16,21,24-25H,8-13,17-18H2,1-2H3,(H,41,42)/t21-,24+,25-,34+/m0/s1. The van der Waals surface area contributed by atoms with E-state index in [-0.39, 0.29) is 29.3 Å². The smallest absolute Gasteiger partial charge is 0.335 e. The number of anilines is 1. The molecule has 3 aliphatic heterocycles. The number of hydrogen-bond donors (Lipinski definition) is 1. The highest BCUT2D eigenvalue weighted by molar-refractivity contribution is 6.30. The van der Waals surface area contributed by atoms with Crippen LogP contribution < -0.4 is 19.1 Å². The van der Waals surface area contributed by atoms with E-state index in [1.165, 1.54) is 19.2 Å². The zero-order chi connectivity index (χ0) is 31.7. The van der Waals surface area contributed by atoms with Gasteiger partial charge in [-0.15, -0.1) is 0 Å². The van der Waals surface area contributed by atoms with E-state index in [2.05, 4.69) is 14.4 Å². The molecule has 12 heteroatoms. The molecule has 46 heavy (non-hydrogen) atoms. The summed E-state index contributed by atoms with van der Waals surface area (Å²) in [6, 6.07) is 14.1. The second kappa shape index (κ2) is 11.0. The molecule has 2 saturated heterocycles. The summed E-state index contributed by atoms with van der Waals surface area (Å²) in [5, 5.41) is 10.1. The van der Waals surface area contributed by atoms with Crippen LogP contribution in [0.1, 0.15) is 47.9 Å². The van der Waals surface area contributed by atoms with Crippen LogP contribution >= 0.6 is 11.6 Å².